The molecular weight excluding hydrogens is 218 g/mol. The molecule has 0 radical (unpaired) electrons. The zero-order chi connectivity index (χ0) is 12.3. The van der Waals surface area contributed by atoms with Crippen LogP contribution in [0.2, 0.25) is 0 Å². The Morgan fingerprint density at radius 1 is 1.24 bits per heavy atom. The molecule has 2 heterocycles. The fourth-order valence-corrected chi connectivity index (χ4v) is 2.64. The third kappa shape index (κ3) is 3.18. The minimum Gasteiger partial charge on any atom is -0.395 e. The smallest absolute Gasteiger partial charge is 0.236 e. The fraction of sp³-hybridized carbons (Fsp3) is 0.917. The first kappa shape index (κ1) is 12.8. The normalized spacial score (nSPS) is 27.6. The van der Waals surface area contributed by atoms with E-state index in [1.807, 2.05) is 4.90 Å². The topological polar surface area (TPSA) is 47.0 Å². The molecule has 2 aliphatic heterocycles. The molecule has 0 aliphatic carbocycles. The molecule has 1 unspecified atom stereocenters. The number of carbonyl (C=O) groups excluding carboxylic acids is 1. The van der Waals surface area contributed by atoms with Crippen molar-refractivity contribution in [3.05, 3.63) is 0 Å². The van der Waals surface area contributed by atoms with Crippen molar-refractivity contribution in [2.45, 2.75) is 18.9 Å². The minimum atomic E-state index is 0.177. The summed E-state index contributed by atoms with van der Waals surface area (Å²) in [5.41, 5.74) is 0. The summed E-state index contributed by atoms with van der Waals surface area (Å²) in [6.07, 6.45) is 2.12. The number of carbonyl (C=O) groups is 1. The molecule has 1 N–H and O–H groups in total. The van der Waals surface area contributed by atoms with Crippen molar-refractivity contribution >= 4 is 5.91 Å². The van der Waals surface area contributed by atoms with Crippen LogP contribution in [0.25, 0.3) is 0 Å². The number of amides is 1. The number of hydrogen-bond donors (Lipinski definition) is 1. The molecule has 98 valence electrons. The highest BCUT2D eigenvalue weighted by Crippen LogP contribution is 2.16. The summed E-state index contributed by atoms with van der Waals surface area (Å²) in [4.78, 5) is 18.4. The Morgan fingerprint density at radius 2 is 1.94 bits per heavy atom. The molecule has 17 heavy (non-hydrogen) atoms. The molecular formula is C12H23N3O2. The van der Waals surface area contributed by atoms with Gasteiger partial charge in [0.1, 0.15) is 0 Å². The molecule has 0 bridgehead atoms. The average Bonchev–Trinajstić information content (AvgIpc) is 2.77. The highest BCUT2D eigenvalue weighted by Gasteiger charge is 2.28. The predicted octanol–water partition coefficient (Wildman–Crippen LogP) is -0.783. The van der Waals surface area contributed by atoms with Gasteiger partial charge in [-0.2, -0.15) is 0 Å². The van der Waals surface area contributed by atoms with Crippen molar-refractivity contribution in [2.24, 2.45) is 0 Å². The van der Waals surface area contributed by atoms with Gasteiger partial charge in [0.2, 0.25) is 5.91 Å². The maximum Gasteiger partial charge on any atom is 0.236 e. The highest BCUT2D eigenvalue weighted by atomic mass is 16.3. The number of rotatable bonds is 3. The Bertz CT molecular complexity index is 264. The molecule has 0 aromatic rings. The van der Waals surface area contributed by atoms with Crippen LogP contribution in [0.1, 0.15) is 12.8 Å². The Labute approximate surface area is 103 Å². The van der Waals surface area contributed by atoms with Gasteiger partial charge < -0.3 is 14.9 Å². The SMILES string of the molecule is CN1CCN(C(=O)CN2CCCC2CO)CC1. The van der Waals surface area contributed by atoms with Crippen LogP contribution in [0.15, 0.2) is 0 Å². The number of likely N-dealkylation sites (N-methyl/N-ethyl adjacent to an activating group) is 1. The molecule has 0 aromatic carbocycles. The lowest BCUT2D eigenvalue weighted by atomic mass is 10.2. The second-order valence-electron chi connectivity index (χ2n) is 5.13. The van der Waals surface area contributed by atoms with E-state index >= 15 is 0 Å². The molecule has 2 saturated heterocycles. The van der Waals surface area contributed by atoms with E-state index in [0.717, 1.165) is 45.6 Å². The van der Waals surface area contributed by atoms with Gasteiger partial charge in [0.15, 0.2) is 0 Å². The Balaban J connectivity index is 1.80. The third-order valence-corrected chi connectivity index (χ3v) is 3.90. The van der Waals surface area contributed by atoms with Crippen molar-refractivity contribution in [2.75, 3.05) is 52.9 Å². The summed E-state index contributed by atoms with van der Waals surface area (Å²) in [7, 11) is 2.09. The summed E-state index contributed by atoms with van der Waals surface area (Å²) >= 11 is 0. The fourth-order valence-electron chi connectivity index (χ4n) is 2.64. The van der Waals surface area contributed by atoms with Crippen LogP contribution in [0.4, 0.5) is 0 Å². The summed E-state index contributed by atoms with van der Waals surface area (Å²) in [5, 5.41) is 9.22. The largest absolute Gasteiger partial charge is 0.395 e. The third-order valence-electron chi connectivity index (χ3n) is 3.90. The van der Waals surface area contributed by atoms with E-state index in [1.54, 1.807) is 0 Å². The van der Waals surface area contributed by atoms with Gasteiger partial charge >= 0.3 is 0 Å². The van der Waals surface area contributed by atoms with Crippen molar-refractivity contribution in [1.82, 2.24) is 14.7 Å². The number of aliphatic hydroxyl groups excluding tert-OH is 1. The first-order chi connectivity index (χ1) is 8.20. The number of likely N-dealkylation sites (tertiary alicyclic amines) is 1. The van der Waals surface area contributed by atoms with Crippen molar-refractivity contribution in [3.8, 4) is 0 Å². The van der Waals surface area contributed by atoms with Gasteiger partial charge in [0, 0.05) is 32.2 Å². The molecule has 0 spiro atoms. The second kappa shape index (κ2) is 5.80. The molecule has 2 aliphatic rings. The summed E-state index contributed by atoms with van der Waals surface area (Å²) in [6.45, 7) is 5.22. The molecule has 2 rings (SSSR count). The number of piperazine rings is 1. The quantitative estimate of drug-likeness (QED) is 0.704. The van der Waals surface area contributed by atoms with Gasteiger partial charge in [-0.05, 0) is 26.4 Å². The molecule has 1 amide bonds. The summed E-state index contributed by atoms with van der Waals surface area (Å²) < 4.78 is 0. The number of nitrogens with zero attached hydrogens (tertiary/aromatic N) is 3. The Morgan fingerprint density at radius 3 is 2.59 bits per heavy atom. The monoisotopic (exact) mass is 241 g/mol. The maximum atomic E-state index is 12.1. The standard InChI is InChI=1S/C12H23N3O2/c1-13-5-7-14(8-6-13)12(17)9-15-4-2-3-11(15)10-16/h11,16H,2-10H2,1H3. The molecule has 1 atom stereocenters. The van der Waals surface area contributed by atoms with E-state index in [0.29, 0.717) is 6.54 Å². The van der Waals surface area contributed by atoms with E-state index in [-0.39, 0.29) is 18.6 Å². The zero-order valence-corrected chi connectivity index (χ0v) is 10.6. The minimum absolute atomic E-state index is 0.177. The van der Waals surface area contributed by atoms with E-state index in [4.69, 9.17) is 0 Å². The van der Waals surface area contributed by atoms with E-state index < -0.39 is 0 Å². The van der Waals surface area contributed by atoms with Crippen molar-refractivity contribution in [3.63, 3.8) is 0 Å². The Hall–Kier alpha value is -0.650. The van der Waals surface area contributed by atoms with Crippen LogP contribution >= 0.6 is 0 Å². The lowest BCUT2D eigenvalue weighted by molar-refractivity contribution is -0.134. The van der Waals surface area contributed by atoms with E-state index in [2.05, 4.69) is 16.8 Å². The molecule has 0 aromatic heterocycles. The lowest BCUT2D eigenvalue weighted by Crippen LogP contribution is -2.50. The first-order valence-electron chi connectivity index (χ1n) is 6.52. The van der Waals surface area contributed by atoms with Gasteiger partial charge in [0.05, 0.1) is 13.2 Å². The van der Waals surface area contributed by atoms with Gasteiger partial charge in [-0.15, -0.1) is 0 Å². The van der Waals surface area contributed by atoms with Gasteiger partial charge in [-0.3, -0.25) is 9.69 Å². The Kier molecular flexibility index (Phi) is 4.36. The number of hydrogen-bond acceptors (Lipinski definition) is 4. The van der Waals surface area contributed by atoms with Crippen LogP contribution in [0.5, 0.6) is 0 Å². The predicted molar refractivity (Wildman–Crippen MR) is 65.8 cm³/mol. The lowest BCUT2D eigenvalue weighted by Gasteiger charge is -2.34. The first-order valence-corrected chi connectivity index (χ1v) is 6.52. The van der Waals surface area contributed by atoms with Crippen molar-refractivity contribution in [1.29, 1.82) is 0 Å². The molecule has 0 saturated carbocycles. The summed E-state index contributed by atoms with van der Waals surface area (Å²) in [5.74, 6) is 0.221. The number of aliphatic hydroxyl groups is 1. The van der Waals surface area contributed by atoms with Crippen LogP contribution in [-0.4, -0.2) is 84.7 Å². The summed E-state index contributed by atoms with van der Waals surface area (Å²) in [6, 6.07) is 0.200. The molecule has 2 fully saturated rings. The zero-order valence-electron chi connectivity index (χ0n) is 10.6. The van der Waals surface area contributed by atoms with Gasteiger partial charge in [0.25, 0.3) is 0 Å². The van der Waals surface area contributed by atoms with Crippen LogP contribution < -0.4 is 0 Å². The highest BCUT2D eigenvalue weighted by molar-refractivity contribution is 5.78. The van der Waals surface area contributed by atoms with E-state index in [9.17, 15) is 9.90 Å². The van der Waals surface area contributed by atoms with Gasteiger partial charge in [-0.1, -0.05) is 0 Å². The molecule has 5 nitrogen and oxygen atoms in total. The van der Waals surface area contributed by atoms with Crippen LogP contribution in [0.3, 0.4) is 0 Å². The second-order valence-corrected chi connectivity index (χ2v) is 5.13. The average molecular weight is 241 g/mol. The van der Waals surface area contributed by atoms with Gasteiger partial charge in [-0.25, -0.2) is 0 Å². The van der Waals surface area contributed by atoms with Crippen molar-refractivity contribution < 1.29 is 9.90 Å². The van der Waals surface area contributed by atoms with Crippen LogP contribution in [-0.2, 0) is 4.79 Å². The van der Waals surface area contributed by atoms with Crippen LogP contribution in [0, 0.1) is 0 Å². The maximum absolute atomic E-state index is 12.1. The molecule has 5 heteroatoms. The van der Waals surface area contributed by atoms with E-state index in [1.165, 1.54) is 0 Å².